The largest absolute Gasteiger partial charge is 0.307 e. The van der Waals surface area contributed by atoms with Crippen LogP contribution < -0.4 is 5.32 Å². The van der Waals surface area contributed by atoms with Gasteiger partial charge in [-0.3, -0.25) is 4.68 Å². The van der Waals surface area contributed by atoms with E-state index in [1.54, 1.807) is 0 Å². The van der Waals surface area contributed by atoms with Crippen molar-refractivity contribution in [3.05, 3.63) is 53.9 Å². The molecule has 0 saturated heterocycles. The van der Waals surface area contributed by atoms with E-state index in [1.807, 2.05) is 16.9 Å². The highest BCUT2D eigenvalue weighted by Crippen LogP contribution is 2.07. The molecule has 0 aliphatic carbocycles. The quantitative estimate of drug-likeness (QED) is 0.792. The first-order valence-corrected chi connectivity index (χ1v) is 7.60. The summed E-state index contributed by atoms with van der Waals surface area (Å²) in [5, 5.41) is 8.01. The maximum atomic E-state index is 6.05. The third-order valence-corrected chi connectivity index (χ3v) is 3.65. The second-order valence-corrected chi connectivity index (χ2v) is 5.61. The summed E-state index contributed by atoms with van der Waals surface area (Å²) in [4.78, 5) is 0. The number of aromatic nitrogens is 2. The van der Waals surface area contributed by atoms with Gasteiger partial charge in [-0.1, -0.05) is 30.3 Å². The Morgan fingerprint density at radius 3 is 2.55 bits per heavy atom. The van der Waals surface area contributed by atoms with Crippen molar-refractivity contribution in [1.82, 2.24) is 15.1 Å². The van der Waals surface area contributed by atoms with E-state index >= 15 is 0 Å². The molecule has 108 valence electrons. The highest BCUT2D eigenvalue weighted by Gasteiger charge is 2.09. The van der Waals surface area contributed by atoms with Crippen molar-refractivity contribution in [3.63, 3.8) is 0 Å². The Bertz CT molecular complexity index is 507. The number of nitrogens with zero attached hydrogens (tertiary/aromatic N) is 2. The van der Waals surface area contributed by atoms with E-state index in [2.05, 4.69) is 54.6 Å². The number of alkyl halides is 1. The number of rotatable bonds is 7. The van der Waals surface area contributed by atoms with Crippen molar-refractivity contribution in [2.45, 2.75) is 38.9 Å². The zero-order valence-corrected chi connectivity index (χ0v) is 12.8. The number of halogens is 1. The molecule has 0 aliphatic rings. The van der Waals surface area contributed by atoms with Crippen LogP contribution in [0.3, 0.4) is 0 Å². The van der Waals surface area contributed by atoms with Crippen LogP contribution in [0.4, 0.5) is 0 Å². The van der Waals surface area contributed by atoms with Gasteiger partial charge >= 0.3 is 0 Å². The van der Waals surface area contributed by atoms with E-state index in [-0.39, 0.29) is 6.04 Å². The molecule has 1 aromatic carbocycles. The molecule has 0 amide bonds. The van der Waals surface area contributed by atoms with Crippen LogP contribution in [-0.2, 0) is 13.0 Å². The first kappa shape index (κ1) is 15.1. The van der Waals surface area contributed by atoms with Crippen LogP contribution in [-0.4, -0.2) is 21.7 Å². The second-order valence-electron chi connectivity index (χ2n) is 5.30. The van der Waals surface area contributed by atoms with Gasteiger partial charge in [0.1, 0.15) is 0 Å². The predicted molar refractivity (Wildman–Crippen MR) is 84.1 cm³/mol. The zero-order valence-electron chi connectivity index (χ0n) is 12.1. The second kappa shape index (κ2) is 7.46. The third-order valence-electron chi connectivity index (χ3n) is 3.28. The molecule has 0 aliphatic heterocycles. The number of hydrogen-bond donors (Lipinski definition) is 1. The normalized spacial score (nSPS) is 12.8. The highest BCUT2D eigenvalue weighted by atomic mass is 35.5. The average Bonchev–Trinajstić information content (AvgIpc) is 2.93. The van der Waals surface area contributed by atoms with E-state index in [1.165, 1.54) is 5.56 Å². The minimum absolute atomic E-state index is 0.267. The van der Waals surface area contributed by atoms with Gasteiger partial charge in [-0.15, -0.1) is 11.6 Å². The Morgan fingerprint density at radius 2 is 1.95 bits per heavy atom. The molecule has 20 heavy (non-hydrogen) atoms. The Kier molecular flexibility index (Phi) is 5.62. The molecule has 1 heterocycles. The summed E-state index contributed by atoms with van der Waals surface area (Å²) in [6, 6.07) is 13.1. The molecular weight excluding hydrogens is 270 g/mol. The number of nitrogens with one attached hydrogen (secondary N) is 1. The Balaban J connectivity index is 1.87. The summed E-state index contributed by atoms with van der Waals surface area (Å²) in [6.45, 7) is 5.01. The lowest BCUT2D eigenvalue weighted by atomic mass is 10.1. The van der Waals surface area contributed by atoms with Gasteiger partial charge in [-0.2, -0.15) is 5.10 Å². The van der Waals surface area contributed by atoms with Crippen LogP contribution in [0.2, 0.25) is 0 Å². The standard InChI is InChI=1S/C16H22ClN3/c1-13(2)20-9-8-15(19-20)12-18-16(11-17)10-14-6-4-3-5-7-14/h3-9,13,16,18H,10-12H2,1-2H3. The van der Waals surface area contributed by atoms with E-state index in [9.17, 15) is 0 Å². The van der Waals surface area contributed by atoms with Crippen LogP contribution in [0.25, 0.3) is 0 Å². The minimum Gasteiger partial charge on any atom is -0.307 e. The van der Waals surface area contributed by atoms with Gasteiger partial charge in [0.2, 0.25) is 0 Å². The zero-order chi connectivity index (χ0) is 14.4. The van der Waals surface area contributed by atoms with Gasteiger partial charge in [-0.25, -0.2) is 0 Å². The average molecular weight is 292 g/mol. The van der Waals surface area contributed by atoms with Gasteiger partial charge in [0.25, 0.3) is 0 Å². The van der Waals surface area contributed by atoms with Gasteiger partial charge in [-0.05, 0) is 31.9 Å². The smallest absolute Gasteiger partial charge is 0.0762 e. The van der Waals surface area contributed by atoms with Crippen molar-refractivity contribution in [2.24, 2.45) is 0 Å². The van der Waals surface area contributed by atoms with Crippen LogP contribution >= 0.6 is 11.6 Å². The van der Waals surface area contributed by atoms with Gasteiger partial charge in [0, 0.05) is 30.7 Å². The summed E-state index contributed by atoms with van der Waals surface area (Å²) in [5.41, 5.74) is 2.36. The van der Waals surface area contributed by atoms with Crippen molar-refractivity contribution in [1.29, 1.82) is 0 Å². The van der Waals surface area contributed by atoms with Crippen molar-refractivity contribution in [3.8, 4) is 0 Å². The maximum absolute atomic E-state index is 6.05. The molecule has 0 bridgehead atoms. The summed E-state index contributed by atoms with van der Waals surface area (Å²) in [7, 11) is 0. The Morgan fingerprint density at radius 1 is 1.20 bits per heavy atom. The lowest BCUT2D eigenvalue weighted by Gasteiger charge is -2.15. The predicted octanol–water partition coefficient (Wildman–Crippen LogP) is 3.40. The van der Waals surface area contributed by atoms with E-state index in [0.717, 1.165) is 18.7 Å². The molecule has 2 aromatic rings. The molecule has 4 heteroatoms. The molecular formula is C16H22ClN3. The molecule has 0 saturated carbocycles. The Hall–Kier alpha value is -1.32. The fourth-order valence-corrected chi connectivity index (χ4v) is 2.31. The highest BCUT2D eigenvalue weighted by molar-refractivity contribution is 6.18. The molecule has 1 N–H and O–H groups in total. The number of hydrogen-bond acceptors (Lipinski definition) is 2. The van der Waals surface area contributed by atoms with Crippen molar-refractivity contribution < 1.29 is 0 Å². The molecule has 1 aromatic heterocycles. The van der Waals surface area contributed by atoms with E-state index in [0.29, 0.717) is 11.9 Å². The summed E-state index contributed by atoms with van der Waals surface area (Å²) in [5.74, 6) is 0.597. The topological polar surface area (TPSA) is 29.9 Å². The van der Waals surface area contributed by atoms with Crippen LogP contribution in [0.15, 0.2) is 42.6 Å². The van der Waals surface area contributed by atoms with E-state index in [4.69, 9.17) is 11.6 Å². The summed E-state index contributed by atoms with van der Waals surface area (Å²) < 4.78 is 1.98. The fraction of sp³-hybridized carbons (Fsp3) is 0.438. The molecule has 0 fully saturated rings. The monoisotopic (exact) mass is 291 g/mol. The van der Waals surface area contributed by atoms with Crippen LogP contribution in [0.5, 0.6) is 0 Å². The van der Waals surface area contributed by atoms with Crippen molar-refractivity contribution >= 4 is 11.6 Å². The molecule has 1 unspecified atom stereocenters. The number of benzene rings is 1. The van der Waals surface area contributed by atoms with Gasteiger partial charge in [0.15, 0.2) is 0 Å². The SMILES string of the molecule is CC(C)n1ccc(CNC(CCl)Cc2ccccc2)n1. The summed E-state index contributed by atoms with van der Waals surface area (Å²) in [6.07, 6.45) is 2.96. The lowest BCUT2D eigenvalue weighted by molar-refractivity contribution is 0.507. The minimum atomic E-state index is 0.267. The molecule has 2 rings (SSSR count). The summed E-state index contributed by atoms with van der Waals surface area (Å²) >= 11 is 6.05. The van der Waals surface area contributed by atoms with Crippen LogP contribution in [0, 0.1) is 0 Å². The first-order valence-electron chi connectivity index (χ1n) is 7.06. The fourth-order valence-electron chi connectivity index (χ4n) is 2.09. The van der Waals surface area contributed by atoms with Crippen LogP contribution in [0.1, 0.15) is 31.1 Å². The van der Waals surface area contributed by atoms with Gasteiger partial charge in [0.05, 0.1) is 5.69 Å². The molecule has 1 atom stereocenters. The molecule has 0 spiro atoms. The first-order chi connectivity index (χ1) is 9.69. The van der Waals surface area contributed by atoms with Gasteiger partial charge < -0.3 is 5.32 Å². The molecule has 0 radical (unpaired) electrons. The lowest BCUT2D eigenvalue weighted by Crippen LogP contribution is -2.32. The van der Waals surface area contributed by atoms with E-state index < -0.39 is 0 Å². The Labute approximate surface area is 126 Å². The molecule has 3 nitrogen and oxygen atoms in total. The van der Waals surface area contributed by atoms with Crippen molar-refractivity contribution in [2.75, 3.05) is 5.88 Å². The maximum Gasteiger partial charge on any atom is 0.0762 e. The third kappa shape index (κ3) is 4.36.